The molecule has 0 aromatic heterocycles. The second-order valence-corrected chi connectivity index (χ2v) is 4.10. The largest absolute Gasteiger partial charge is 0.480 e. The van der Waals surface area contributed by atoms with E-state index in [0.29, 0.717) is 19.7 Å². The number of hydrogen-bond donors (Lipinski definition) is 4. The van der Waals surface area contributed by atoms with Gasteiger partial charge in [0.2, 0.25) is 0 Å². The van der Waals surface area contributed by atoms with Gasteiger partial charge in [0, 0.05) is 39.8 Å². The molecule has 112 valence electrons. The van der Waals surface area contributed by atoms with Gasteiger partial charge in [-0.1, -0.05) is 0 Å². The number of methoxy groups -OCH3 is 1. The van der Waals surface area contributed by atoms with Crippen LogP contribution in [0.25, 0.3) is 0 Å². The standard InChI is InChI=1S/C11H23N3O5/c1-14(6-8-19-2)5-4-12-11(18)13-9(3-7-15)10(16)17/h9,15H,3-8H2,1-2H3,(H,16,17)(H2,12,13,18). The summed E-state index contributed by atoms with van der Waals surface area (Å²) in [5, 5.41) is 22.3. The molecule has 0 aliphatic heterocycles. The number of carboxylic acid groups (broad SMARTS) is 1. The first-order valence-corrected chi connectivity index (χ1v) is 6.06. The molecule has 0 saturated carbocycles. The number of amides is 2. The van der Waals surface area contributed by atoms with Crippen molar-refractivity contribution in [3.63, 3.8) is 0 Å². The Morgan fingerprint density at radius 2 is 2.05 bits per heavy atom. The molecule has 0 fully saturated rings. The molecular formula is C11H23N3O5. The van der Waals surface area contributed by atoms with Crippen LogP contribution in [0.3, 0.4) is 0 Å². The van der Waals surface area contributed by atoms with Crippen LogP contribution < -0.4 is 10.6 Å². The van der Waals surface area contributed by atoms with Crippen molar-refractivity contribution in [2.75, 3.05) is 47.0 Å². The highest BCUT2D eigenvalue weighted by atomic mass is 16.5. The van der Waals surface area contributed by atoms with E-state index in [0.717, 1.165) is 6.54 Å². The Morgan fingerprint density at radius 3 is 2.58 bits per heavy atom. The average Bonchev–Trinajstić information content (AvgIpc) is 2.35. The predicted molar refractivity (Wildman–Crippen MR) is 69.0 cm³/mol. The number of nitrogens with one attached hydrogen (secondary N) is 2. The number of carbonyl (C=O) groups excluding carboxylic acids is 1. The van der Waals surface area contributed by atoms with Crippen molar-refractivity contribution in [3.8, 4) is 0 Å². The maximum absolute atomic E-state index is 11.4. The molecule has 0 bridgehead atoms. The number of carboxylic acids is 1. The normalized spacial score (nSPS) is 12.2. The van der Waals surface area contributed by atoms with Crippen LogP contribution in [0.2, 0.25) is 0 Å². The van der Waals surface area contributed by atoms with Gasteiger partial charge in [-0.15, -0.1) is 0 Å². The fourth-order valence-corrected chi connectivity index (χ4v) is 1.31. The molecule has 8 nitrogen and oxygen atoms in total. The third-order valence-electron chi connectivity index (χ3n) is 2.48. The minimum Gasteiger partial charge on any atom is -0.480 e. The zero-order chi connectivity index (χ0) is 14.7. The molecule has 0 saturated heterocycles. The van der Waals surface area contributed by atoms with Crippen molar-refractivity contribution in [2.45, 2.75) is 12.5 Å². The highest BCUT2D eigenvalue weighted by Crippen LogP contribution is 1.91. The van der Waals surface area contributed by atoms with Gasteiger partial charge in [0.1, 0.15) is 6.04 Å². The zero-order valence-corrected chi connectivity index (χ0v) is 11.4. The van der Waals surface area contributed by atoms with Crippen molar-refractivity contribution in [1.29, 1.82) is 0 Å². The Hall–Kier alpha value is -1.38. The molecule has 0 spiro atoms. The van der Waals surface area contributed by atoms with Gasteiger partial charge in [-0.2, -0.15) is 0 Å². The molecule has 0 heterocycles. The highest BCUT2D eigenvalue weighted by molar-refractivity contribution is 5.82. The topological polar surface area (TPSA) is 111 Å². The van der Waals surface area contributed by atoms with Gasteiger partial charge in [0.05, 0.1) is 6.61 Å². The van der Waals surface area contributed by atoms with Gasteiger partial charge in [-0.3, -0.25) is 0 Å². The molecule has 0 aromatic carbocycles. The first-order valence-electron chi connectivity index (χ1n) is 6.06. The quantitative estimate of drug-likeness (QED) is 0.395. The molecule has 0 aliphatic carbocycles. The molecule has 0 radical (unpaired) electrons. The smallest absolute Gasteiger partial charge is 0.326 e. The molecule has 19 heavy (non-hydrogen) atoms. The lowest BCUT2D eigenvalue weighted by Gasteiger charge is -2.17. The number of carbonyl (C=O) groups is 2. The van der Waals surface area contributed by atoms with E-state index in [-0.39, 0.29) is 13.0 Å². The monoisotopic (exact) mass is 277 g/mol. The maximum Gasteiger partial charge on any atom is 0.326 e. The van der Waals surface area contributed by atoms with Crippen LogP contribution in [0.5, 0.6) is 0 Å². The lowest BCUT2D eigenvalue weighted by atomic mass is 10.2. The Kier molecular flexibility index (Phi) is 9.77. The van der Waals surface area contributed by atoms with Crippen LogP contribution in [0, 0.1) is 0 Å². The van der Waals surface area contributed by atoms with E-state index in [2.05, 4.69) is 10.6 Å². The van der Waals surface area contributed by atoms with E-state index in [9.17, 15) is 9.59 Å². The van der Waals surface area contributed by atoms with Crippen LogP contribution in [0.1, 0.15) is 6.42 Å². The van der Waals surface area contributed by atoms with E-state index in [1.807, 2.05) is 11.9 Å². The Morgan fingerprint density at radius 1 is 1.37 bits per heavy atom. The SMILES string of the molecule is COCCN(C)CCNC(=O)NC(CCO)C(=O)O. The number of likely N-dealkylation sites (N-methyl/N-ethyl adjacent to an activating group) is 1. The second-order valence-electron chi connectivity index (χ2n) is 4.10. The van der Waals surface area contributed by atoms with Crippen LogP contribution in [-0.4, -0.2) is 80.2 Å². The predicted octanol–water partition coefficient (Wildman–Crippen LogP) is -1.30. The number of hydrogen-bond acceptors (Lipinski definition) is 5. The van der Waals surface area contributed by atoms with Gasteiger partial charge in [0.15, 0.2) is 0 Å². The third kappa shape index (κ3) is 9.23. The summed E-state index contributed by atoms with van der Waals surface area (Å²) in [6, 6.07) is -1.63. The lowest BCUT2D eigenvalue weighted by Crippen LogP contribution is -2.47. The molecule has 2 amide bonds. The Labute approximate surface area is 112 Å². The van der Waals surface area contributed by atoms with Crippen molar-refractivity contribution in [3.05, 3.63) is 0 Å². The number of ether oxygens (including phenoxy) is 1. The molecule has 0 aliphatic rings. The van der Waals surface area contributed by atoms with Crippen molar-refractivity contribution < 1.29 is 24.5 Å². The number of aliphatic hydroxyl groups is 1. The lowest BCUT2D eigenvalue weighted by molar-refractivity contribution is -0.139. The number of aliphatic hydroxyl groups excluding tert-OH is 1. The molecule has 8 heteroatoms. The summed E-state index contributed by atoms with van der Waals surface area (Å²) in [6.45, 7) is 2.10. The first kappa shape index (κ1) is 17.6. The van der Waals surface area contributed by atoms with E-state index < -0.39 is 18.0 Å². The van der Waals surface area contributed by atoms with Crippen LogP contribution >= 0.6 is 0 Å². The van der Waals surface area contributed by atoms with Crippen LogP contribution in [-0.2, 0) is 9.53 Å². The zero-order valence-electron chi connectivity index (χ0n) is 11.4. The third-order valence-corrected chi connectivity index (χ3v) is 2.48. The summed E-state index contributed by atoms with van der Waals surface area (Å²) in [5.74, 6) is -1.17. The van der Waals surface area contributed by atoms with E-state index in [4.69, 9.17) is 14.9 Å². The fourth-order valence-electron chi connectivity index (χ4n) is 1.31. The van der Waals surface area contributed by atoms with Crippen molar-refractivity contribution >= 4 is 12.0 Å². The van der Waals surface area contributed by atoms with E-state index >= 15 is 0 Å². The molecule has 0 rings (SSSR count). The van der Waals surface area contributed by atoms with Gasteiger partial charge >= 0.3 is 12.0 Å². The average molecular weight is 277 g/mol. The van der Waals surface area contributed by atoms with Gasteiger partial charge in [0.25, 0.3) is 0 Å². The summed E-state index contributed by atoms with van der Waals surface area (Å²) in [5.41, 5.74) is 0. The minimum absolute atomic E-state index is 0.0174. The Bertz CT molecular complexity index is 275. The van der Waals surface area contributed by atoms with Gasteiger partial charge in [-0.25, -0.2) is 9.59 Å². The summed E-state index contributed by atoms with van der Waals surface area (Å²) >= 11 is 0. The summed E-state index contributed by atoms with van der Waals surface area (Å²) in [6.07, 6.45) is -0.0174. The first-order chi connectivity index (χ1) is 9.01. The minimum atomic E-state index is -1.17. The van der Waals surface area contributed by atoms with Crippen molar-refractivity contribution in [2.24, 2.45) is 0 Å². The van der Waals surface area contributed by atoms with E-state index in [1.54, 1.807) is 7.11 Å². The summed E-state index contributed by atoms with van der Waals surface area (Å²) < 4.78 is 4.92. The number of rotatable bonds is 10. The number of urea groups is 1. The highest BCUT2D eigenvalue weighted by Gasteiger charge is 2.18. The Balaban J connectivity index is 3.82. The van der Waals surface area contributed by atoms with Gasteiger partial charge in [-0.05, 0) is 7.05 Å². The van der Waals surface area contributed by atoms with Gasteiger partial charge < -0.3 is 30.5 Å². The van der Waals surface area contributed by atoms with Crippen LogP contribution in [0.4, 0.5) is 4.79 Å². The van der Waals surface area contributed by atoms with Crippen LogP contribution in [0.15, 0.2) is 0 Å². The molecular weight excluding hydrogens is 254 g/mol. The molecule has 0 aromatic rings. The second kappa shape index (κ2) is 10.5. The molecule has 1 unspecified atom stereocenters. The van der Waals surface area contributed by atoms with Crippen molar-refractivity contribution in [1.82, 2.24) is 15.5 Å². The fraction of sp³-hybridized carbons (Fsp3) is 0.818. The number of nitrogens with zero attached hydrogens (tertiary/aromatic N) is 1. The molecule has 4 N–H and O–H groups in total. The van der Waals surface area contributed by atoms with E-state index in [1.165, 1.54) is 0 Å². The summed E-state index contributed by atoms with van der Waals surface area (Å²) in [7, 11) is 3.51. The molecule has 1 atom stereocenters. The number of aliphatic carboxylic acids is 1. The maximum atomic E-state index is 11.4. The summed E-state index contributed by atoms with van der Waals surface area (Å²) in [4.78, 5) is 24.1.